The number of hydrogen-bond donors (Lipinski definition) is 0. The molecule has 42 valence electrons. The van der Waals surface area contributed by atoms with Crippen molar-refractivity contribution in [3.8, 4) is 0 Å². The van der Waals surface area contributed by atoms with E-state index in [4.69, 9.17) is 0 Å². The van der Waals surface area contributed by atoms with Crippen LogP contribution in [0.5, 0.6) is 0 Å². The van der Waals surface area contributed by atoms with Crippen LogP contribution in [0.1, 0.15) is 19.8 Å². The lowest BCUT2D eigenvalue weighted by molar-refractivity contribution is 0.587. The van der Waals surface area contributed by atoms with Crippen LogP contribution in [0.4, 0.5) is 4.39 Å². The highest BCUT2D eigenvalue weighted by atomic mass is 127. The maximum Gasteiger partial charge on any atom is 0.106 e. The van der Waals surface area contributed by atoms with E-state index < -0.39 is 0 Å². The van der Waals surface area contributed by atoms with Crippen molar-refractivity contribution in [3.63, 3.8) is 0 Å². The summed E-state index contributed by atoms with van der Waals surface area (Å²) in [5.74, 6) is -0.0110. The summed E-state index contributed by atoms with van der Waals surface area (Å²) < 4.78 is 13.5. The third-order valence-electron chi connectivity index (χ3n) is 0.607. The van der Waals surface area contributed by atoms with E-state index in [-0.39, 0.29) is 5.83 Å². The molecule has 0 saturated carbocycles. The molecule has 0 bridgehead atoms. The smallest absolute Gasteiger partial charge is 0.106 e. The van der Waals surface area contributed by atoms with Gasteiger partial charge in [0, 0.05) is 4.08 Å². The third-order valence-corrected chi connectivity index (χ3v) is 1.28. The first-order valence-electron chi connectivity index (χ1n) is 2.26. The largest absolute Gasteiger partial charge is 0.211 e. The summed E-state index contributed by atoms with van der Waals surface area (Å²) >= 11 is 1.90. The Morgan fingerprint density at radius 3 is 2.57 bits per heavy atom. The van der Waals surface area contributed by atoms with Crippen molar-refractivity contribution in [1.29, 1.82) is 0 Å². The van der Waals surface area contributed by atoms with Crippen molar-refractivity contribution in [1.82, 2.24) is 0 Å². The molecule has 0 saturated heterocycles. The highest BCUT2D eigenvalue weighted by molar-refractivity contribution is 14.1. The molecule has 0 radical (unpaired) electrons. The van der Waals surface area contributed by atoms with Crippen LogP contribution in [0, 0.1) is 0 Å². The van der Waals surface area contributed by atoms with Gasteiger partial charge < -0.3 is 0 Å². The van der Waals surface area contributed by atoms with Gasteiger partial charge >= 0.3 is 0 Å². The molecule has 0 aromatic carbocycles. The quantitative estimate of drug-likeness (QED) is 0.619. The van der Waals surface area contributed by atoms with Gasteiger partial charge in [-0.1, -0.05) is 29.5 Å². The van der Waals surface area contributed by atoms with E-state index in [9.17, 15) is 4.39 Å². The van der Waals surface area contributed by atoms with E-state index >= 15 is 0 Å². The summed E-state index contributed by atoms with van der Waals surface area (Å²) in [5.41, 5.74) is 0. The molecule has 7 heavy (non-hydrogen) atoms. The van der Waals surface area contributed by atoms with Crippen LogP contribution in [-0.4, -0.2) is 0 Å². The predicted octanol–water partition coefficient (Wildman–Crippen LogP) is 3.03. The van der Waals surface area contributed by atoms with E-state index in [1.807, 2.05) is 29.5 Å². The van der Waals surface area contributed by atoms with Gasteiger partial charge in [-0.15, -0.1) is 0 Å². The summed E-state index contributed by atoms with van der Waals surface area (Å²) in [6.45, 7) is 1.96. The van der Waals surface area contributed by atoms with Crippen molar-refractivity contribution in [2.24, 2.45) is 0 Å². The van der Waals surface area contributed by atoms with Crippen molar-refractivity contribution in [2.75, 3.05) is 0 Å². The van der Waals surface area contributed by atoms with Gasteiger partial charge in [-0.2, -0.15) is 0 Å². The number of halogens is 2. The second-order valence-electron chi connectivity index (χ2n) is 1.31. The highest BCUT2D eigenvalue weighted by Crippen LogP contribution is 2.07. The lowest BCUT2D eigenvalue weighted by Gasteiger charge is -1.85. The number of allylic oxidation sites excluding steroid dienone is 1. The topological polar surface area (TPSA) is 0 Å². The molecule has 0 aliphatic heterocycles. The van der Waals surface area contributed by atoms with Crippen LogP contribution in [0.25, 0.3) is 0 Å². The molecule has 0 aromatic rings. The third kappa shape index (κ3) is 4.25. The van der Waals surface area contributed by atoms with E-state index in [1.165, 1.54) is 4.08 Å². The predicted molar refractivity (Wildman–Crippen MR) is 38.1 cm³/mol. The number of rotatable bonds is 2. The van der Waals surface area contributed by atoms with Crippen molar-refractivity contribution in [3.05, 3.63) is 9.91 Å². The maximum atomic E-state index is 12.0. The Balaban J connectivity index is 3.17. The van der Waals surface area contributed by atoms with E-state index in [1.54, 1.807) is 0 Å². The molecule has 0 nitrogen and oxygen atoms in total. The molecule has 0 amide bonds. The van der Waals surface area contributed by atoms with Gasteiger partial charge in [0.1, 0.15) is 5.83 Å². The Labute approximate surface area is 56.9 Å². The van der Waals surface area contributed by atoms with Crippen LogP contribution in [0.15, 0.2) is 9.91 Å². The minimum Gasteiger partial charge on any atom is -0.211 e. The lowest BCUT2D eigenvalue weighted by Crippen LogP contribution is -1.66. The normalized spacial score (nSPS) is 12.1. The standard InChI is InChI=1S/C5H8FI/c1-2-3-5(6)4-7/h4H,2-3H2,1H3/b5-4-. The first-order chi connectivity index (χ1) is 3.31. The van der Waals surface area contributed by atoms with E-state index in [0.29, 0.717) is 6.42 Å². The van der Waals surface area contributed by atoms with E-state index in [2.05, 4.69) is 0 Å². The van der Waals surface area contributed by atoms with Crippen LogP contribution in [-0.2, 0) is 0 Å². The van der Waals surface area contributed by atoms with Crippen molar-refractivity contribution in [2.45, 2.75) is 19.8 Å². The van der Waals surface area contributed by atoms with Gasteiger partial charge in [0.2, 0.25) is 0 Å². The highest BCUT2D eigenvalue weighted by Gasteiger charge is 1.86. The Morgan fingerprint density at radius 1 is 1.86 bits per heavy atom. The van der Waals surface area contributed by atoms with Crippen molar-refractivity contribution < 1.29 is 4.39 Å². The average molecular weight is 214 g/mol. The van der Waals surface area contributed by atoms with Crippen LogP contribution >= 0.6 is 22.6 Å². The minimum atomic E-state index is -0.0110. The molecule has 0 rings (SSSR count). The Kier molecular flexibility index (Phi) is 4.82. The molecule has 0 aliphatic rings. The van der Waals surface area contributed by atoms with Gasteiger partial charge in [-0.25, -0.2) is 4.39 Å². The molecule has 2 heteroatoms. The fourth-order valence-corrected chi connectivity index (χ4v) is 0.605. The molecule has 0 fully saturated rings. The molecular formula is C5H8FI. The zero-order chi connectivity index (χ0) is 5.70. The number of hydrogen-bond acceptors (Lipinski definition) is 0. The molecule has 0 aliphatic carbocycles. The monoisotopic (exact) mass is 214 g/mol. The molecular weight excluding hydrogens is 206 g/mol. The molecule has 0 atom stereocenters. The molecule has 0 heterocycles. The summed E-state index contributed by atoms with van der Waals surface area (Å²) in [7, 11) is 0. The van der Waals surface area contributed by atoms with Gasteiger partial charge in [0.15, 0.2) is 0 Å². The summed E-state index contributed by atoms with van der Waals surface area (Å²) in [4.78, 5) is 0. The lowest BCUT2D eigenvalue weighted by atomic mass is 10.3. The summed E-state index contributed by atoms with van der Waals surface area (Å²) in [6.07, 6.45) is 1.48. The zero-order valence-corrected chi connectivity index (χ0v) is 6.40. The molecule has 0 aromatic heterocycles. The Bertz CT molecular complexity index is 68.5. The second-order valence-corrected chi connectivity index (χ2v) is 1.93. The van der Waals surface area contributed by atoms with Crippen LogP contribution < -0.4 is 0 Å². The first kappa shape index (κ1) is 7.40. The maximum absolute atomic E-state index is 12.0. The van der Waals surface area contributed by atoms with Gasteiger partial charge in [-0.3, -0.25) is 0 Å². The fraction of sp³-hybridized carbons (Fsp3) is 0.600. The Hall–Kier alpha value is 0.400. The first-order valence-corrected chi connectivity index (χ1v) is 3.50. The van der Waals surface area contributed by atoms with E-state index in [0.717, 1.165) is 6.42 Å². The zero-order valence-electron chi connectivity index (χ0n) is 4.25. The molecule has 0 unspecified atom stereocenters. The summed E-state index contributed by atoms with van der Waals surface area (Å²) in [5, 5.41) is 0. The van der Waals surface area contributed by atoms with Gasteiger partial charge in [0.05, 0.1) is 0 Å². The van der Waals surface area contributed by atoms with Crippen molar-refractivity contribution >= 4 is 22.6 Å². The minimum absolute atomic E-state index is 0.0110. The average Bonchev–Trinajstić information content (AvgIpc) is 1.68. The Morgan fingerprint density at radius 2 is 2.43 bits per heavy atom. The second kappa shape index (κ2) is 4.56. The van der Waals surface area contributed by atoms with Gasteiger partial charge in [0.25, 0.3) is 0 Å². The summed E-state index contributed by atoms with van der Waals surface area (Å²) in [6, 6.07) is 0. The van der Waals surface area contributed by atoms with Crippen LogP contribution in [0.2, 0.25) is 0 Å². The SMILES string of the molecule is CCC/C(F)=C/I. The molecule has 0 N–H and O–H groups in total. The fourth-order valence-electron chi connectivity index (χ4n) is 0.293. The molecule has 0 spiro atoms. The van der Waals surface area contributed by atoms with Crippen LogP contribution in [0.3, 0.4) is 0 Å². The van der Waals surface area contributed by atoms with Gasteiger partial charge in [-0.05, 0) is 12.8 Å².